The lowest BCUT2D eigenvalue weighted by Crippen LogP contribution is -2.25. The number of ether oxygens (including phenoxy) is 1. The molecule has 0 radical (unpaired) electrons. The van der Waals surface area contributed by atoms with Gasteiger partial charge in [0.15, 0.2) is 0 Å². The maximum absolute atomic E-state index is 5.89. The van der Waals surface area contributed by atoms with Crippen LogP contribution in [0.4, 0.5) is 0 Å². The molecule has 0 saturated heterocycles. The zero-order valence-electron chi connectivity index (χ0n) is 9.53. The molecule has 0 amide bonds. The summed E-state index contributed by atoms with van der Waals surface area (Å²) in [4.78, 5) is 8.11. The maximum Gasteiger partial charge on any atom is 0.217 e. The van der Waals surface area contributed by atoms with Crippen molar-refractivity contribution >= 4 is 15.9 Å². The predicted molar refractivity (Wildman–Crippen MR) is 66.4 cm³/mol. The largest absolute Gasteiger partial charge is 0.474 e. The van der Waals surface area contributed by atoms with Crippen LogP contribution in [-0.2, 0) is 0 Å². The molecule has 16 heavy (non-hydrogen) atoms. The van der Waals surface area contributed by atoms with Gasteiger partial charge in [0.2, 0.25) is 5.88 Å². The lowest BCUT2D eigenvalue weighted by molar-refractivity contribution is 0.117. The topological polar surface area (TPSA) is 35.0 Å². The van der Waals surface area contributed by atoms with Crippen molar-refractivity contribution in [3.63, 3.8) is 0 Å². The van der Waals surface area contributed by atoms with E-state index in [-0.39, 0.29) is 0 Å². The number of nitrogens with zero attached hydrogens (tertiary/aromatic N) is 2. The number of rotatable bonds is 3. The van der Waals surface area contributed by atoms with E-state index >= 15 is 0 Å². The summed E-state index contributed by atoms with van der Waals surface area (Å²) in [6.45, 7) is 2.26. The SMILES string of the molecule is CCC1CCCC(Oc2cc(Br)ncn2)C1. The van der Waals surface area contributed by atoms with Crippen LogP contribution in [0.25, 0.3) is 0 Å². The van der Waals surface area contributed by atoms with Crippen LogP contribution >= 0.6 is 15.9 Å². The Labute approximate surface area is 105 Å². The molecule has 0 bridgehead atoms. The molecule has 1 aromatic rings. The molecule has 2 unspecified atom stereocenters. The Morgan fingerprint density at radius 3 is 3.06 bits per heavy atom. The summed E-state index contributed by atoms with van der Waals surface area (Å²) >= 11 is 3.32. The van der Waals surface area contributed by atoms with Gasteiger partial charge in [-0.15, -0.1) is 0 Å². The van der Waals surface area contributed by atoms with Crippen LogP contribution in [0.15, 0.2) is 17.0 Å². The molecule has 0 N–H and O–H groups in total. The average molecular weight is 285 g/mol. The van der Waals surface area contributed by atoms with Crippen LogP contribution in [-0.4, -0.2) is 16.1 Å². The molecule has 0 aromatic carbocycles. The standard InChI is InChI=1S/C12H17BrN2O/c1-2-9-4-3-5-10(6-9)16-12-7-11(13)14-8-15-12/h7-10H,2-6H2,1H3. The fourth-order valence-electron chi connectivity index (χ4n) is 2.27. The van der Waals surface area contributed by atoms with E-state index in [4.69, 9.17) is 4.74 Å². The molecule has 1 aliphatic rings. The van der Waals surface area contributed by atoms with Crippen molar-refractivity contribution in [2.45, 2.75) is 45.1 Å². The first-order valence-electron chi connectivity index (χ1n) is 5.92. The van der Waals surface area contributed by atoms with E-state index in [2.05, 4.69) is 32.8 Å². The Kier molecular flexibility index (Phi) is 4.16. The Morgan fingerprint density at radius 1 is 1.44 bits per heavy atom. The van der Waals surface area contributed by atoms with Gasteiger partial charge in [-0.3, -0.25) is 0 Å². The number of halogens is 1. The van der Waals surface area contributed by atoms with Gasteiger partial charge in [0.1, 0.15) is 17.0 Å². The highest BCUT2D eigenvalue weighted by molar-refractivity contribution is 9.10. The van der Waals surface area contributed by atoms with Gasteiger partial charge in [0.05, 0.1) is 0 Å². The molecule has 3 nitrogen and oxygen atoms in total. The van der Waals surface area contributed by atoms with E-state index < -0.39 is 0 Å². The number of hydrogen-bond acceptors (Lipinski definition) is 3. The quantitative estimate of drug-likeness (QED) is 0.796. The van der Waals surface area contributed by atoms with E-state index in [1.165, 1.54) is 25.6 Å². The highest BCUT2D eigenvalue weighted by Gasteiger charge is 2.22. The van der Waals surface area contributed by atoms with Gasteiger partial charge in [-0.2, -0.15) is 0 Å². The second-order valence-electron chi connectivity index (χ2n) is 4.36. The molecular weight excluding hydrogens is 268 g/mol. The van der Waals surface area contributed by atoms with E-state index in [1.807, 2.05) is 6.07 Å². The minimum absolute atomic E-state index is 0.334. The van der Waals surface area contributed by atoms with Crippen molar-refractivity contribution in [3.8, 4) is 5.88 Å². The summed E-state index contributed by atoms with van der Waals surface area (Å²) < 4.78 is 6.67. The fraction of sp³-hybridized carbons (Fsp3) is 0.667. The van der Waals surface area contributed by atoms with Crippen LogP contribution < -0.4 is 4.74 Å². The first kappa shape index (κ1) is 11.8. The zero-order chi connectivity index (χ0) is 11.4. The second-order valence-corrected chi connectivity index (χ2v) is 5.17. The number of aromatic nitrogens is 2. The Balaban J connectivity index is 1.94. The van der Waals surface area contributed by atoms with Gasteiger partial charge >= 0.3 is 0 Å². The maximum atomic E-state index is 5.89. The molecule has 88 valence electrons. The number of hydrogen-bond donors (Lipinski definition) is 0. The predicted octanol–water partition coefficient (Wildman–Crippen LogP) is 3.59. The van der Waals surface area contributed by atoms with Gasteiger partial charge in [-0.05, 0) is 41.1 Å². The van der Waals surface area contributed by atoms with Gasteiger partial charge in [-0.1, -0.05) is 19.8 Å². The Bertz CT molecular complexity index is 346. The molecule has 2 rings (SSSR count). The van der Waals surface area contributed by atoms with E-state index in [9.17, 15) is 0 Å². The van der Waals surface area contributed by atoms with Crippen LogP contribution in [0.2, 0.25) is 0 Å². The third-order valence-corrected chi connectivity index (χ3v) is 3.64. The zero-order valence-corrected chi connectivity index (χ0v) is 11.1. The Morgan fingerprint density at radius 2 is 2.31 bits per heavy atom. The molecular formula is C12H17BrN2O. The average Bonchev–Trinajstić information content (AvgIpc) is 2.29. The van der Waals surface area contributed by atoms with Crippen LogP contribution in [0.1, 0.15) is 39.0 Å². The highest BCUT2D eigenvalue weighted by atomic mass is 79.9. The lowest BCUT2D eigenvalue weighted by Gasteiger charge is -2.28. The van der Waals surface area contributed by atoms with Crippen molar-refractivity contribution in [1.82, 2.24) is 9.97 Å². The molecule has 1 fully saturated rings. The molecule has 1 heterocycles. The van der Waals surface area contributed by atoms with E-state index in [1.54, 1.807) is 0 Å². The fourth-order valence-corrected chi connectivity index (χ4v) is 2.56. The minimum atomic E-state index is 0.334. The first-order chi connectivity index (χ1) is 7.78. The van der Waals surface area contributed by atoms with Crippen molar-refractivity contribution in [1.29, 1.82) is 0 Å². The minimum Gasteiger partial charge on any atom is -0.474 e. The normalized spacial score (nSPS) is 25.4. The molecule has 1 saturated carbocycles. The van der Waals surface area contributed by atoms with Crippen molar-refractivity contribution in [2.75, 3.05) is 0 Å². The monoisotopic (exact) mass is 284 g/mol. The van der Waals surface area contributed by atoms with Crippen molar-refractivity contribution in [3.05, 3.63) is 17.0 Å². The summed E-state index contributed by atoms with van der Waals surface area (Å²) in [6.07, 6.45) is 8.06. The molecule has 2 atom stereocenters. The smallest absolute Gasteiger partial charge is 0.217 e. The lowest BCUT2D eigenvalue weighted by atomic mass is 9.85. The van der Waals surface area contributed by atoms with Crippen LogP contribution in [0.3, 0.4) is 0 Å². The molecule has 0 aliphatic heterocycles. The van der Waals surface area contributed by atoms with Gasteiger partial charge in [0.25, 0.3) is 0 Å². The first-order valence-corrected chi connectivity index (χ1v) is 6.71. The Hall–Kier alpha value is -0.640. The molecule has 0 spiro atoms. The molecule has 4 heteroatoms. The van der Waals surface area contributed by atoms with Gasteiger partial charge < -0.3 is 4.74 Å². The summed E-state index contributed by atoms with van der Waals surface area (Å²) in [6, 6.07) is 1.83. The third-order valence-electron chi connectivity index (χ3n) is 3.21. The van der Waals surface area contributed by atoms with Crippen molar-refractivity contribution < 1.29 is 4.74 Å². The summed E-state index contributed by atoms with van der Waals surface area (Å²) in [5.74, 6) is 1.51. The van der Waals surface area contributed by atoms with E-state index in [0.29, 0.717) is 12.0 Å². The summed E-state index contributed by atoms with van der Waals surface area (Å²) in [5, 5.41) is 0. The van der Waals surface area contributed by atoms with E-state index in [0.717, 1.165) is 23.4 Å². The highest BCUT2D eigenvalue weighted by Crippen LogP contribution is 2.29. The second kappa shape index (κ2) is 5.62. The van der Waals surface area contributed by atoms with Gasteiger partial charge in [0, 0.05) is 6.07 Å². The molecule has 1 aliphatic carbocycles. The van der Waals surface area contributed by atoms with Crippen LogP contribution in [0.5, 0.6) is 5.88 Å². The van der Waals surface area contributed by atoms with Crippen LogP contribution in [0, 0.1) is 5.92 Å². The summed E-state index contributed by atoms with van der Waals surface area (Å²) in [5.41, 5.74) is 0. The van der Waals surface area contributed by atoms with Gasteiger partial charge in [-0.25, -0.2) is 9.97 Å². The molecule has 1 aromatic heterocycles. The van der Waals surface area contributed by atoms with Crippen molar-refractivity contribution in [2.24, 2.45) is 5.92 Å². The third kappa shape index (κ3) is 3.17. The summed E-state index contributed by atoms with van der Waals surface area (Å²) in [7, 11) is 0.